The van der Waals surface area contributed by atoms with Gasteiger partial charge >= 0.3 is 0 Å². The van der Waals surface area contributed by atoms with Crippen molar-refractivity contribution < 1.29 is 9.59 Å². The molecule has 134 valence electrons. The van der Waals surface area contributed by atoms with E-state index in [2.05, 4.69) is 26.6 Å². The molecule has 6 heteroatoms. The number of carbonyl (C=O) groups excluding carboxylic acids is 2. The highest BCUT2D eigenvalue weighted by Gasteiger charge is 2.59. The zero-order chi connectivity index (χ0) is 17.8. The molecule has 0 aliphatic heterocycles. The molecule has 2 amide bonds. The van der Waals surface area contributed by atoms with Gasteiger partial charge in [-0.05, 0) is 68.6 Å². The van der Waals surface area contributed by atoms with Crippen LogP contribution in [0.25, 0.3) is 0 Å². The second kappa shape index (κ2) is 5.98. The van der Waals surface area contributed by atoms with Crippen LogP contribution < -0.4 is 10.6 Å². The molecule has 2 atom stereocenters. The summed E-state index contributed by atoms with van der Waals surface area (Å²) < 4.78 is 0.146. The van der Waals surface area contributed by atoms with Crippen LogP contribution in [0.2, 0.25) is 5.02 Å². The number of hydrogen-bond donors (Lipinski definition) is 2. The smallest absolute Gasteiger partial charge is 0.230 e. The van der Waals surface area contributed by atoms with Crippen LogP contribution in [-0.4, -0.2) is 16.1 Å². The van der Waals surface area contributed by atoms with Crippen LogP contribution >= 0.6 is 27.5 Å². The minimum atomic E-state index is -0.271. The molecule has 25 heavy (non-hydrogen) atoms. The van der Waals surface area contributed by atoms with Gasteiger partial charge in [-0.15, -0.1) is 0 Å². The van der Waals surface area contributed by atoms with Gasteiger partial charge in [0.25, 0.3) is 0 Å². The van der Waals surface area contributed by atoms with Crippen molar-refractivity contribution in [2.24, 2.45) is 17.3 Å². The number of amides is 2. The maximum Gasteiger partial charge on any atom is 0.230 e. The zero-order valence-electron chi connectivity index (χ0n) is 14.2. The van der Waals surface area contributed by atoms with E-state index < -0.39 is 0 Å². The molecule has 2 N–H and O–H groups in total. The van der Waals surface area contributed by atoms with Crippen molar-refractivity contribution in [1.82, 2.24) is 0 Å². The molecule has 4 aliphatic carbocycles. The molecule has 0 spiro atoms. The lowest BCUT2D eigenvalue weighted by atomic mass is 9.49. The van der Waals surface area contributed by atoms with Crippen LogP contribution in [0, 0.1) is 17.3 Å². The first-order valence-electron chi connectivity index (χ1n) is 8.85. The van der Waals surface area contributed by atoms with Crippen molar-refractivity contribution in [3.05, 3.63) is 23.2 Å². The van der Waals surface area contributed by atoms with Crippen molar-refractivity contribution >= 4 is 50.7 Å². The highest BCUT2D eigenvalue weighted by Crippen LogP contribution is 2.64. The van der Waals surface area contributed by atoms with Crippen molar-refractivity contribution in [2.45, 2.75) is 49.8 Å². The lowest BCUT2D eigenvalue weighted by Crippen LogP contribution is -2.57. The molecule has 0 aromatic heterocycles. The van der Waals surface area contributed by atoms with Crippen molar-refractivity contribution in [3.63, 3.8) is 0 Å². The maximum absolute atomic E-state index is 13.2. The van der Waals surface area contributed by atoms with Gasteiger partial charge in [-0.2, -0.15) is 0 Å². The molecule has 4 aliphatic rings. The Balaban J connectivity index is 1.53. The zero-order valence-corrected chi connectivity index (χ0v) is 16.5. The highest BCUT2D eigenvalue weighted by atomic mass is 79.9. The van der Waals surface area contributed by atoms with Gasteiger partial charge in [-0.1, -0.05) is 27.5 Å². The normalized spacial score (nSPS) is 35.5. The van der Waals surface area contributed by atoms with Crippen LogP contribution in [-0.2, 0) is 9.59 Å². The Morgan fingerprint density at radius 3 is 2.40 bits per heavy atom. The minimum Gasteiger partial charge on any atom is -0.326 e. The lowest BCUT2D eigenvalue weighted by molar-refractivity contribution is -0.138. The second-order valence-electron chi connectivity index (χ2n) is 8.22. The highest BCUT2D eigenvalue weighted by molar-refractivity contribution is 9.10. The largest absolute Gasteiger partial charge is 0.326 e. The van der Waals surface area contributed by atoms with Crippen LogP contribution in [0.1, 0.15) is 45.4 Å². The third kappa shape index (κ3) is 3.21. The first kappa shape index (κ1) is 17.3. The summed E-state index contributed by atoms with van der Waals surface area (Å²) in [6, 6.07) is 5.19. The van der Waals surface area contributed by atoms with Crippen LogP contribution in [0.3, 0.4) is 0 Å². The number of halogens is 2. The van der Waals surface area contributed by atoms with Gasteiger partial charge in [-0.25, -0.2) is 0 Å². The van der Waals surface area contributed by atoms with E-state index in [4.69, 9.17) is 11.6 Å². The molecule has 1 aromatic rings. The molecule has 0 saturated heterocycles. The van der Waals surface area contributed by atoms with Gasteiger partial charge in [0.15, 0.2) is 0 Å². The van der Waals surface area contributed by atoms with Gasteiger partial charge in [-0.3, -0.25) is 9.59 Å². The monoisotopic (exact) mass is 424 g/mol. The fourth-order valence-corrected chi connectivity index (χ4v) is 7.25. The maximum atomic E-state index is 13.2. The fourth-order valence-electron chi connectivity index (χ4n) is 5.57. The van der Waals surface area contributed by atoms with E-state index in [0.717, 1.165) is 19.3 Å². The summed E-state index contributed by atoms with van der Waals surface area (Å²) in [6.45, 7) is 1.45. The van der Waals surface area contributed by atoms with Gasteiger partial charge in [0.05, 0.1) is 16.1 Å². The molecule has 0 heterocycles. The van der Waals surface area contributed by atoms with Crippen molar-refractivity contribution in [3.8, 4) is 0 Å². The summed E-state index contributed by atoms with van der Waals surface area (Å²) in [5.41, 5.74) is 0.970. The number of alkyl halides is 1. The van der Waals surface area contributed by atoms with Gasteiger partial charge in [0, 0.05) is 16.9 Å². The molecule has 4 nitrogen and oxygen atoms in total. The van der Waals surface area contributed by atoms with Crippen LogP contribution in [0.5, 0.6) is 0 Å². The lowest BCUT2D eigenvalue weighted by Gasteiger charge is -2.59. The quantitative estimate of drug-likeness (QED) is 0.672. The first-order chi connectivity index (χ1) is 11.8. The standard InChI is InChI=1S/C19H22BrClN2O2/c1-11(24)22-14-2-3-16(15(21)5-14)23-17(25)18-6-12-4-13(7-18)9-19(20,8-12)10-18/h2-3,5,12-13H,4,6-10H2,1H3,(H,22,24)(H,23,25). The van der Waals surface area contributed by atoms with E-state index in [1.807, 2.05) is 0 Å². The third-order valence-electron chi connectivity index (χ3n) is 6.01. The molecular weight excluding hydrogens is 404 g/mol. The van der Waals surface area contributed by atoms with E-state index >= 15 is 0 Å². The Bertz CT molecular complexity index is 737. The van der Waals surface area contributed by atoms with E-state index in [0.29, 0.717) is 28.2 Å². The molecule has 0 radical (unpaired) electrons. The van der Waals surface area contributed by atoms with Gasteiger partial charge < -0.3 is 10.6 Å². The predicted octanol–water partition coefficient (Wildman–Crippen LogP) is 4.97. The Labute approximate surface area is 161 Å². The topological polar surface area (TPSA) is 58.2 Å². The van der Waals surface area contributed by atoms with E-state index in [1.54, 1.807) is 18.2 Å². The van der Waals surface area contributed by atoms with E-state index in [1.165, 1.54) is 26.2 Å². The SMILES string of the molecule is CC(=O)Nc1ccc(NC(=O)C23CC4CC(CC(Br)(C4)C2)C3)c(Cl)c1. The summed E-state index contributed by atoms with van der Waals surface area (Å²) in [7, 11) is 0. The summed E-state index contributed by atoms with van der Waals surface area (Å²) in [4.78, 5) is 24.3. The molecule has 5 rings (SSSR count). The summed E-state index contributed by atoms with van der Waals surface area (Å²) in [6.07, 6.45) is 6.57. The number of nitrogens with one attached hydrogen (secondary N) is 2. The molecule has 4 saturated carbocycles. The van der Waals surface area contributed by atoms with Crippen molar-refractivity contribution in [1.29, 1.82) is 0 Å². The fraction of sp³-hybridized carbons (Fsp3) is 0.579. The van der Waals surface area contributed by atoms with Crippen LogP contribution in [0.4, 0.5) is 11.4 Å². The molecule has 4 fully saturated rings. The molecule has 2 unspecified atom stereocenters. The Hall–Kier alpha value is -1.07. The third-order valence-corrected chi connectivity index (χ3v) is 7.25. The molecular formula is C19H22BrClN2O2. The molecule has 1 aromatic carbocycles. The number of carbonyl (C=O) groups is 2. The number of hydrogen-bond acceptors (Lipinski definition) is 2. The number of rotatable bonds is 3. The molecule has 4 bridgehead atoms. The summed E-state index contributed by atoms with van der Waals surface area (Å²) >= 11 is 10.3. The summed E-state index contributed by atoms with van der Waals surface area (Å²) in [5.74, 6) is 1.26. The number of benzene rings is 1. The Kier molecular flexibility index (Phi) is 4.15. The Morgan fingerprint density at radius 2 is 1.84 bits per heavy atom. The summed E-state index contributed by atoms with van der Waals surface area (Å²) in [5, 5.41) is 6.20. The van der Waals surface area contributed by atoms with Crippen molar-refractivity contribution in [2.75, 3.05) is 10.6 Å². The average molecular weight is 426 g/mol. The van der Waals surface area contributed by atoms with Gasteiger partial charge in [0.2, 0.25) is 11.8 Å². The number of anilines is 2. The first-order valence-corrected chi connectivity index (χ1v) is 10.0. The minimum absolute atomic E-state index is 0.0969. The predicted molar refractivity (Wildman–Crippen MR) is 103 cm³/mol. The average Bonchev–Trinajstić information content (AvgIpc) is 2.46. The van der Waals surface area contributed by atoms with Gasteiger partial charge in [0.1, 0.15) is 0 Å². The Morgan fingerprint density at radius 1 is 1.16 bits per heavy atom. The van der Waals surface area contributed by atoms with E-state index in [-0.39, 0.29) is 21.6 Å². The van der Waals surface area contributed by atoms with E-state index in [9.17, 15) is 9.59 Å². The van der Waals surface area contributed by atoms with Crippen LogP contribution in [0.15, 0.2) is 18.2 Å². The second-order valence-corrected chi connectivity index (χ2v) is 10.3.